The molecule has 3 aliphatic rings. The molecule has 2 fully saturated rings. The van der Waals surface area contributed by atoms with E-state index in [9.17, 15) is 18.8 Å². The molecule has 3 aliphatic heterocycles. The number of hydrogen-bond donors (Lipinski definition) is 0. The van der Waals surface area contributed by atoms with Gasteiger partial charge >= 0.3 is 0 Å². The van der Waals surface area contributed by atoms with Crippen molar-refractivity contribution in [3.05, 3.63) is 95.8 Å². The number of carbonyl (C=O) groups is 3. The van der Waals surface area contributed by atoms with E-state index >= 15 is 0 Å². The van der Waals surface area contributed by atoms with Gasteiger partial charge in [-0.05, 0) is 41.5 Å². The molecular formula is C25H17FN2O4. The van der Waals surface area contributed by atoms with Crippen molar-refractivity contribution in [2.45, 2.75) is 12.1 Å². The van der Waals surface area contributed by atoms with Gasteiger partial charge in [0.1, 0.15) is 11.9 Å². The van der Waals surface area contributed by atoms with Crippen molar-refractivity contribution in [3.8, 4) is 0 Å². The van der Waals surface area contributed by atoms with Gasteiger partial charge in [-0.1, -0.05) is 36.4 Å². The number of para-hydroxylation sites is 1. The Labute approximate surface area is 182 Å². The maximum Gasteiger partial charge on any atom is 0.240 e. The molecule has 0 radical (unpaired) electrons. The van der Waals surface area contributed by atoms with Crippen molar-refractivity contribution < 1.29 is 23.2 Å². The molecule has 158 valence electrons. The second-order valence-corrected chi connectivity index (χ2v) is 8.14. The minimum absolute atomic E-state index is 0.0905. The Morgan fingerprint density at radius 1 is 0.906 bits per heavy atom. The third-order valence-electron chi connectivity index (χ3n) is 6.59. The lowest BCUT2D eigenvalue weighted by atomic mass is 9.84. The van der Waals surface area contributed by atoms with Gasteiger partial charge in [0.05, 0.1) is 29.8 Å². The highest BCUT2D eigenvalue weighted by molar-refractivity contribution is 6.24. The van der Waals surface area contributed by atoms with Crippen molar-refractivity contribution in [1.82, 2.24) is 4.90 Å². The van der Waals surface area contributed by atoms with E-state index in [1.165, 1.54) is 24.5 Å². The molecule has 7 heteroatoms. The van der Waals surface area contributed by atoms with E-state index < -0.39 is 41.6 Å². The van der Waals surface area contributed by atoms with Crippen LogP contribution in [0.5, 0.6) is 0 Å². The minimum Gasteiger partial charge on any atom is -0.461 e. The van der Waals surface area contributed by atoms with Crippen molar-refractivity contribution in [2.24, 2.45) is 11.8 Å². The van der Waals surface area contributed by atoms with Crippen LogP contribution in [0, 0.1) is 17.7 Å². The number of halogens is 1. The van der Waals surface area contributed by atoms with Crippen LogP contribution in [0.2, 0.25) is 0 Å². The number of amides is 2. The molecule has 6 rings (SSSR count). The first-order valence-corrected chi connectivity index (χ1v) is 10.3. The molecule has 6 nitrogen and oxygen atoms in total. The Morgan fingerprint density at radius 2 is 1.66 bits per heavy atom. The van der Waals surface area contributed by atoms with Crippen LogP contribution in [-0.2, 0) is 9.59 Å². The van der Waals surface area contributed by atoms with E-state index in [1.807, 2.05) is 30.3 Å². The summed E-state index contributed by atoms with van der Waals surface area (Å²) in [5.74, 6) is -3.78. The Hall–Kier alpha value is -4.00. The van der Waals surface area contributed by atoms with Crippen LogP contribution in [0.3, 0.4) is 0 Å². The summed E-state index contributed by atoms with van der Waals surface area (Å²) >= 11 is 0. The first-order chi connectivity index (χ1) is 15.6. The largest absolute Gasteiger partial charge is 0.461 e. The average molecular weight is 428 g/mol. The summed E-state index contributed by atoms with van der Waals surface area (Å²) in [6, 6.07) is 15.0. The molecule has 0 spiro atoms. The third kappa shape index (κ3) is 2.42. The van der Waals surface area contributed by atoms with Crippen LogP contribution in [0.25, 0.3) is 6.08 Å². The highest BCUT2D eigenvalue weighted by atomic mass is 19.1. The zero-order chi connectivity index (χ0) is 22.0. The van der Waals surface area contributed by atoms with Crippen LogP contribution in [0.1, 0.15) is 27.7 Å². The smallest absolute Gasteiger partial charge is 0.240 e. The van der Waals surface area contributed by atoms with Crippen molar-refractivity contribution in [1.29, 1.82) is 0 Å². The number of hydrogen-bond acceptors (Lipinski definition) is 5. The topological polar surface area (TPSA) is 70.8 Å². The molecule has 2 amide bonds. The number of fused-ring (bicyclic) bond motifs is 5. The number of carbonyl (C=O) groups excluding carboxylic acids is 3. The summed E-state index contributed by atoms with van der Waals surface area (Å²) in [5, 5.41) is 0. The van der Waals surface area contributed by atoms with Gasteiger partial charge in [0.15, 0.2) is 5.76 Å². The number of benzene rings is 2. The van der Waals surface area contributed by atoms with E-state index in [4.69, 9.17) is 4.42 Å². The number of anilines is 1. The molecule has 4 heterocycles. The monoisotopic (exact) mass is 428 g/mol. The van der Waals surface area contributed by atoms with Crippen LogP contribution < -0.4 is 4.90 Å². The van der Waals surface area contributed by atoms with Crippen molar-refractivity contribution in [3.63, 3.8) is 0 Å². The van der Waals surface area contributed by atoms with Gasteiger partial charge in [-0.3, -0.25) is 14.4 Å². The van der Waals surface area contributed by atoms with Gasteiger partial charge in [0, 0.05) is 6.20 Å². The Balaban J connectivity index is 1.52. The summed E-state index contributed by atoms with van der Waals surface area (Å²) in [5.41, 5.74) is 1.69. The highest BCUT2D eigenvalue weighted by Gasteiger charge is 2.65. The number of imide groups is 1. The fourth-order valence-electron chi connectivity index (χ4n) is 5.29. The number of ketones is 1. The van der Waals surface area contributed by atoms with Crippen LogP contribution >= 0.6 is 0 Å². The minimum atomic E-state index is -0.958. The molecule has 1 aromatic heterocycles. The standard InChI is InChI=1S/C25H17FN2O4/c26-16-8-3-4-9-17(16)28-24(30)19-20(25(28)31)22(23(29)18-10-5-13-32-18)27-12-11-14-6-1-2-7-15(14)21(19)27/h1-13,19-22H/t19-,20-,21+,22+/m0/s1. The first-order valence-electron chi connectivity index (χ1n) is 10.3. The molecular weight excluding hydrogens is 411 g/mol. The SMILES string of the molecule is O=C(c1ccco1)[C@H]1[C@H]2C(=O)N(c3ccccc3F)C(=O)[C@@H]2[C@H]2c3ccccc3C=CN21. The molecule has 0 saturated carbocycles. The van der Waals surface area contributed by atoms with Crippen LogP contribution in [0.4, 0.5) is 10.1 Å². The van der Waals surface area contributed by atoms with E-state index in [2.05, 4.69) is 0 Å². The number of Topliss-reactive ketones (excluding diaryl/α,β-unsaturated/α-hetero) is 1. The number of furan rings is 1. The lowest BCUT2D eigenvalue weighted by Crippen LogP contribution is -2.44. The zero-order valence-corrected chi connectivity index (χ0v) is 16.7. The number of nitrogens with zero attached hydrogens (tertiary/aromatic N) is 2. The van der Waals surface area contributed by atoms with Crippen LogP contribution in [0.15, 0.2) is 77.5 Å². The molecule has 4 atom stereocenters. The summed E-state index contributed by atoms with van der Waals surface area (Å²) in [6.45, 7) is 0. The fourth-order valence-corrected chi connectivity index (χ4v) is 5.29. The van der Waals surface area contributed by atoms with Crippen molar-refractivity contribution in [2.75, 3.05) is 4.90 Å². The molecule has 0 bridgehead atoms. The van der Waals surface area contributed by atoms with E-state index in [0.717, 1.165) is 16.0 Å². The second-order valence-electron chi connectivity index (χ2n) is 8.14. The first kappa shape index (κ1) is 18.7. The Bertz CT molecular complexity index is 1300. The zero-order valence-electron chi connectivity index (χ0n) is 16.7. The summed E-state index contributed by atoms with van der Waals surface area (Å²) in [7, 11) is 0. The molecule has 0 N–H and O–H groups in total. The molecule has 0 unspecified atom stereocenters. The fraction of sp³-hybridized carbons (Fsp3) is 0.160. The summed E-state index contributed by atoms with van der Waals surface area (Å²) in [6.07, 6.45) is 5.04. The molecule has 3 aromatic rings. The van der Waals surface area contributed by atoms with Crippen LogP contribution in [-0.4, -0.2) is 28.5 Å². The number of rotatable bonds is 3. The summed E-state index contributed by atoms with van der Waals surface area (Å²) in [4.78, 5) is 43.4. The lowest BCUT2D eigenvalue weighted by Gasteiger charge is -2.35. The van der Waals surface area contributed by atoms with Gasteiger partial charge in [-0.2, -0.15) is 0 Å². The molecule has 32 heavy (non-hydrogen) atoms. The summed E-state index contributed by atoms with van der Waals surface area (Å²) < 4.78 is 19.9. The Morgan fingerprint density at radius 3 is 2.44 bits per heavy atom. The molecule has 0 aliphatic carbocycles. The predicted octanol–water partition coefficient (Wildman–Crippen LogP) is 3.82. The average Bonchev–Trinajstić information content (AvgIpc) is 3.51. The van der Waals surface area contributed by atoms with Gasteiger partial charge in [0.25, 0.3) is 0 Å². The predicted molar refractivity (Wildman–Crippen MR) is 113 cm³/mol. The molecule has 2 aromatic carbocycles. The quantitative estimate of drug-likeness (QED) is 0.469. The lowest BCUT2D eigenvalue weighted by molar-refractivity contribution is -0.123. The maximum atomic E-state index is 14.6. The maximum absolute atomic E-state index is 14.6. The van der Waals surface area contributed by atoms with Gasteiger partial charge < -0.3 is 9.32 Å². The third-order valence-corrected chi connectivity index (χ3v) is 6.59. The highest BCUT2D eigenvalue weighted by Crippen LogP contribution is 2.53. The van der Waals surface area contributed by atoms with E-state index in [0.29, 0.717) is 0 Å². The van der Waals surface area contributed by atoms with Gasteiger partial charge in [0.2, 0.25) is 17.6 Å². The van der Waals surface area contributed by atoms with E-state index in [-0.39, 0.29) is 17.2 Å². The van der Waals surface area contributed by atoms with Gasteiger partial charge in [-0.15, -0.1) is 0 Å². The van der Waals surface area contributed by atoms with Crippen molar-refractivity contribution >= 4 is 29.4 Å². The normalized spacial score (nSPS) is 25.7. The van der Waals surface area contributed by atoms with Gasteiger partial charge in [-0.25, -0.2) is 9.29 Å². The molecule has 2 saturated heterocycles. The second kappa shape index (κ2) is 6.75. The van der Waals surface area contributed by atoms with E-state index in [1.54, 1.807) is 29.3 Å². The Kier molecular flexibility index (Phi) is 3.95.